The Hall–Kier alpha value is -2.56. The number of likely N-dealkylation sites (tertiary alicyclic amines) is 1. The third kappa shape index (κ3) is 3.92. The number of carbonyl (C=O) groups excluding carboxylic acids is 2. The maximum Gasteiger partial charge on any atom is 0.258 e. The van der Waals surface area contributed by atoms with Crippen LogP contribution in [0.3, 0.4) is 0 Å². The normalized spacial score (nSPS) is 17.4. The second-order valence-corrected chi connectivity index (χ2v) is 6.54. The van der Waals surface area contributed by atoms with Crippen LogP contribution in [0.2, 0.25) is 0 Å². The Morgan fingerprint density at radius 3 is 2.64 bits per heavy atom. The molecule has 1 aliphatic rings. The minimum atomic E-state index is -0.417. The maximum atomic E-state index is 12.9. The number of benzene rings is 1. The Morgan fingerprint density at radius 1 is 1.20 bits per heavy atom. The smallest absolute Gasteiger partial charge is 0.258 e. The summed E-state index contributed by atoms with van der Waals surface area (Å²) in [5.41, 5.74) is 1.60. The summed E-state index contributed by atoms with van der Waals surface area (Å²) in [6, 6.07) is 11.1. The molecule has 0 aliphatic carbocycles. The minimum Gasteiger partial charge on any atom is -0.466 e. The van der Waals surface area contributed by atoms with Gasteiger partial charge in [-0.25, -0.2) is 0 Å². The summed E-state index contributed by atoms with van der Waals surface area (Å²) in [6.07, 6.45) is 2.57. The molecule has 0 spiro atoms. The fourth-order valence-electron chi connectivity index (χ4n) is 3.35. The molecule has 2 aromatic rings. The lowest BCUT2D eigenvalue weighted by Gasteiger charge is -2.34. The average Bonchev–Trinajstić information content (AvgIpc) is 2.98. The van der Waals surface area contributed by atoms with Crippen molar-refractivity contribution in [2.75, 3.05) is 6.54 Å². The highest BCUT2D eigenvalue weighted by molar-refractivity contribution is 5.98. The molecular formula is C20H24N2O3. The largest absolute Gasteiger partial charge is 0.466 e. The van der Waals surface area contributed by atoms with Crippen molar-refractivity contribution in [3.63, 3.8) is 0 Å². The fraction of sp³-hybridized carbons (Fsp3) is 0.400. The van der Waals surface area contributed by atoms with Gasteiger partial charge in [-0.3, -0.25) is 9.59 Å². The van der Waals surface area contributed by atoms with Crippen LogP contribution in [0, 0.1) is 13.8 Å². The topological polar surface area (TPSA) is 62.6 Å². The van der Waals surface area contributed by atoms with Gasteiger partial charge in [0, 0.05) is 13.1 Å². The molecule has 1 aliphatic heterocycles. The van der Waals surface area contributed by atoms with E-state index >= 15 is 0 Å². The van der Waals surface area contributed by atoms with Crippen LogP contribution < -0.4 is 5.32 Å². The molecule has 5 heteroatoms. The molecule has 2 heterocycles. The van der Waals surface area contributed by atoms with E-state index in [0.29, 0.717) is 36.6 Å². The Bertz CT molecular complexity index is 752. The van der Waals surface area contributed by atoms with E-state index in [4.69, 9.17) is 4.42 Å². The highest BCUT2D eigenvalue weighted by Crippen LogP contribution is 2.23. The highest BCUT2D eigenvalue weighted by Gasteiger charge is 2.33. The molecule has 1 aromatic heterocycles. The molecule has 1 unspecified atom stereocenters. The maximum absolute atomic E-state index is 12.9. The third-order valence-corrected chi connectivity index (χ3v) is 4.65. The molecule has 0 radical (unpaired) electrons. The van der Waals surface area contributed by atoms with Crippen molar-refractivity contribution >= 4 is 11.8 Å². The van der Waals surface area contributed by atoms with Gasteiger partial charge in [-0.1, -0.05) is 30.3 Å². The van der Waals surface area contributed by atoms with E-state index in [0.717, 1.165) is 18.4 Å². The van der Waals surface area contributed by atoms with Crippen molar-refractivity contribution in [1.29, 1.82) is 0 Å². The Labute approximate surface area is 148 Å². The highest BCUT2D eigenvalue weighted by atomic mass is 16.3. The molecular weight excluding hydrogens is 316 g/mol. The molecule has 1 aromatic carbocycles. The van der Waals surface area contributed by atoms with E-state index in [2.05, 4.69) is 5.32 Å². The van der Waals surface area contributed by atoms with Crippen molar-refractivity contribution in [2.24, 2.45) is 0 Å². The number of furan rings is 1. The predicted molar refractivity (Wildman–Crippen MR) is 95.1 cm³/mol. The lowest BCUT2D eigenvalue weighted by molar-refractivity contribution is -0.126. The van der Waals surface area contributed by atoms with Crippen LogP contribution in [0.25, 0.3) is 0 Å². The summed E-state index contributed by atoms with van der Waals surface area (Å²) in [4.78, 5) is 27.3. The lowest BCUT2D eigenvalue weighted by atomic mass is 10.00. The van der Waals surface area contributed by atoms with Gasteiger partial charge < -0.3 is 14.6 Å². The second kappa shape index (κ2) is 7.55. The molecule has 5 nitrogen and oxygen atoms in total. The Kier molecular flexibility index (Phi) is 5.22. The van der Waals surface area contributed by atoms with Gasteiger partial charge in [0.2, 0.25) is 5.91 Å². The quantitative estimate of drug-likeness (QED) is 0.929. The van der Waals surface area contributed by atoms with Crippen molar-refractivity contribution in [2.45, 2.75) is 45.7 Å². The van der Waals surface area contributed by atoms with Crippen LogP contribution in [0.4, 0.5) is 0 Å². The molecule has 0 saturated carbocycles. The molecule has 1 fully saturated rings. The minimum absolute atomic E-state index is 0.0882. The van der Waals surface area contributed by atoms with E-state index in [1.807, 2.05) is 37.3 Å². The van der Waals surface area contributed by atoms with Crippen LogP contribution in [0.1, 0.15) is 46.7 Å². The molecule has 1 N–H and O–H groups in total. The molecule has 3 rings (SSSR count). The van der Waals surface area contributed by atoms with Gasteiger partial charge in [0.25, 0.3) is 5.91 Å². The van der Waals surface area contributed by atoms with Crippen LogP contribution in [-0.2, 0) is 11.3 Å². The van der Waals surface area contributed by atoms with Crippen LogP contribution in [0.5, 0.6) is 0 Å². The van der Waals surface area contributed by atoms with E-state index < -0.39 is 6.04 Å². The molecule has 2 amide bonds. The van der Waals surface area contributed by atoms with Gasteiger partial charge in [0.1, 0.15) is 17.6 Å². The second-order valence-electron chi connectivity index (χ2n) is 6.54. The van der Waals surface area contributed by atoms with Crippen molar-refractivity contribution in [3.05, 3.63) is 59.0 Å². The number of aryl methyl sites for hydroxylation is 2. The first-order valence-electron chi connectivity index (χ1n) is 8.76. The Balaban J connectivity index is 1.70. The van der Waals surface area contributed by atoms with Gasteiger partial charge in [-0.05, 0) is 44.7 Å². The summed E-state index contributed by atoms with van der Waals surface area (Å²) in [6.45, 7) is 4.69. The SMILES string of the molecule is Cc1cc(C(=O)N2CCCCC2C(=O)NCc2ccccc2)c(C)o1. The van der Waals surface area contributed by atoms with Crippen LogP contribution in [-0.4, -0.2) is 29.3 Å². The van der Waals surface area contributed by atoms with E-state index in [9.17, 15) is 9.59 Å². The summed E-state index contributed by atoms with van der Waals surface area (Å²) in [5, 5.41) is 2.97. The number of hydrogen-bond acceptors (Lipinski definition) is 3. The lowest BCUT2D eigenvalue weighted by Crippen LogP contribution is -2.51. The summed E-state index contributed by atoms with van der Waals surface area (Å²) >= 11 is 0. The summed E-state index contributed by atoms with van der Waals surface area (Å²) in [7, 11) is 0. The summed E-state index contributed by atoms with van der Waals surface area (Å²) in [5.74, 6) is 1.11. The zero-order valence-electron chi connectivity index (χ0n) is 14.7. The van der Waals surface area contributed by atoms with Crippen molar-refractivity contribution in [3.8, 4) is 0 Å². The first-order chi connectivity index (χ1) is 12.1. The third-order valence-electron chi connectivity index (χ3n) is 4.65. The van der Waals surface area contributed by atoms with E-state index in [1.165, 1.54) is 0 Å². The number of hydrogen-bond donors (Lipinski definition) is 1. The molecule has 0 bridgehead atoms. The van der Waals surface area contributed by atoms with Gasteiger partial charge in [0.05, 0.1) is 5.56 Å². The number of nitrogens with one attached hydrogen (secondary N) is 1. The zero-order chi connectivity index (χ0) is 17.8. The van der Waals surface area contributed by atoms with Gasteiger partial charge in [-0.15, -0.1) is 0 Å². The molecule has 1 saturated heterocycles. The predicted octanol–water partition coefficient (Wildman–Crippen LogP) is 3.21. The monoisotopic (exact) mass is 340 g/mol. The first kappa shape index (κ1) is 17.3. The van der Waals surface area contributed by atoms with Crippen molar-refractivity contribution < 1.29 is 14.0 Å². The number of rotatable bonds is 4. The fourth-order valence-corrected chi connectivity index (χ4v) is 3.35. The first-order valence-corrected chi connectivity index (χ1v) is 8.76. The average molecular weight is 340 g/mol. The van der Waals surface area contributed by atoms with Gasteiger partial charge in [0.15, 0.2) is 0 Å². The number of piperidine rings is 1. The number of carbonyl (C=O) groups is 2. The van der Waals surface area contributed by atoms with Gasteiger partial charge >= 0.3 is 0 Å². The number of nitrogens with zero attached hydrogens (tertiary/aromatic N) is 1. The van der Waals surface area contributed by atoms with E-state index in [-0.39, 0.29) is 11.8 Å². The number of amides is 2. The Morgan fingerprint density at radius 2 is 1.96 bits per heavy atom. The van der Waals surface area contributed by atoms with Crippen LogP contribution >= 0.6 is 0 Å². The standard InChI is InChI=1S/C20H24N2O3/c1-14-12-17(15(2)25-14)20(24)22-11-7-6-10-18(22)19(23)21-13-16-8-4-3-5-9-16/h3-5,8-9,12,18H,6-7,10-11,13H2,1-2H3,(H,21,23). The zero-order valence-corrected chi connectivity index (χ0v) is 14.7. The molecule has 132 valence electrons. The van der Waals surface area contributed by atoms with Crippen molar-refractivity contribution in [1.82, 2.24) is 10.2 Å². The van der Waals surface area contributed by atoms with Gasteiger partial charge in [-0.2, -0.15) is 0 Å². The molecule has 25 heavy (non-hydrogen) atoms. The molecule has 1 atom stereocenters. The van der Waals surface area contributed by atoms with Crippen LogP contribution in [0.15, 0.2) is 40.8 Å². The van der Waals surface area contributed by atoms with E-state index in [1.54, 1.807) is 17.9 Å². The summed E-state index contributed by atoms with van der Waals surface area (Å²) < 4.78 is 5.48.